The topological polar surface area (TPSA) is 95.1 Å². The Bertz CT molecular complexity index is 916. The summed E-state index contributed by atoms with van der Waals surface area (Å²) in [4.78, 5) is 24.7. The summed E-state index contributed by atoms with van der Waals surface area (Å²) in [5, 5.41) is 5.59. The average molecular weight is 414 g/mol. The van der Waals surface area contributed by atoms with Gasteiger partial charge >= 0.3 is 0 Å². The first-order chi connectivity index (χ1) is 14.5. The number of benzene rings is 2. The van der Waals surface area contributed by atoms with Gasteiger partial charge in [-0.2, -0.15) is 0 Å². The van der Waals surface area contributed by atoms with E-state index in [2.05, 4.69) is 10.6 Å². The van der Waals surface area contributed by atoms with Crippen LogP contribution in [0.3, 0.4) is 0 Å². The van der Waals surface area contributed by atoms with Crippen LogP contribution in [0.15, 0.2) is 30.3 Å². The number of fused-ring (bicyclic) bond motifs is 1. The minimum atomic E-state index is -0.559. The Hall–Kier alpha value is -3.42. The van der Waals surface area contributed by atoms with Crippen molar-refractivity contribution in [3.8, 4) is 23.0 Å². The lowest BCUT2D eigenvalue weighted by atomic mass is 10.1. The highest BCUT2D eigenvalue weighted by atomic mass is 16.5. The van der Waals surface area contributed by atoms with E-state index in [1.807, 2.05) is 20.8 Å². The molecule has 3 rings (SSSR count). The molecule has 2 aromatic carbocycles. The number of amides is 2. The Balaban J connectivity index is 1.87. The molecule has 0 spiro atoms. The van der Waals surface area contributed by atoms with Crippen LogP contribution in [0.4, 0.5) is 11.4 Å². The Kier molecular flexibility index (Phi) is 6.66. The van der Waals surface area contributed by atoms with Crippen LogP contribution in [-0.4, -0.2) is 37.7 Å². The van der Waals surface area contributed by atoms with Crippen molar-refractivity contribution in [1.82, 2.24) is 0 Å². The number of carbonyl (C=O) groups is 2. The van der Waals surface area contributed by atoms with Crippen molar-refractivity contribution in [3.05, 3.63) is 35.9 Å². The van der Waals surface area contributed by atoms with Gasteiger partial charge in [0.15, 0.2) is 17.6 Å². The van der Waals surface area contributed by atoms with Gasteiger partial charge < -0.3 is 29.6 Å². The quantitative estimate of drug-likeness (QED) is 0.681. The fourth-order valence-electron chi connectivity index (χ4n) is 3.01. The summed E-state index contributed by atoms with van der Waals surface area (Å²) in [5.74, 6) is 1.32. The van der Waals surface area contributed by atoms with Gasteiger partial charge in [0.1, 0.15) is 5.75 Å². The molecule has 1 unspecified atom stereocenters. The number of nitrogens with one attached hydrogen (secondary N) is 2. The van der Waals surface area contributed by atoms with E-state index in [1.165, 1.54) is 0 Å². The van der Waals surface area contributed by atoms with Crippen LogP contribution in [0.25, 0.3) is 0 Å². The molecule has 160 valence electrons. The summed E-state index contributed by atoms with van der Waals surface area (Å²) in [6.07, 6.45) is -0.559. The molecule has 2 N–H and O–H groups in total. The normalized spacial score (nSPS) is 14.8. The van der Waals surface area contributed by atoms with Gasteiger partial charge in [-0.05, 0) is 58.0 Å². The van der Waals surface area contributed by atoms with Gasteiger partial charge in [-0.15, -0.1) is 0 Å². The van der Waals surface area contributed by atoms with Crippen molar-refractivity contribution < 1.29 is 28.5 Å². The van der Waals surface area contributed by atoms with Crippen LogP contribution < -0.4 is 29.6 Å². The molecule has 0 bridgehead atoms. The van der Waals surface area contributed by atoms with E-state index >= 15 is 0 Å². The maximum absolute atomic E-state index is 12.9. The molecule has 0 aromatic heterocycles. The van der Waals surface area contributed by atoms with Gasteiger partial charge in [-0.3, -0.25) is 9.59 Å². The molecule has 1 atom stereocenters. The second-order valence-electron chi connectivity index (χ2n) is 6.52. The lowest BCUT2D eigenvalue weighted by molar-refractivity contribution is -0.122. The number of rotatable bonds is 8. The van der Waals surface area contributed by atoms with Crippen LogP contribution in [0.5, 0.6) is 23.0 Å². The fourth-order valence-corrected chi connectivity index (χ4v) is 3.01. The Morgan fingerprint density at radius 2 is 1.67 bits per heavy atom. The van der Waals surface area contributed by atoms with Gasteiger partial charge in [0, 0.05) is 11.3 Å². The van der Waals surface area contributed by atoms with Crippen LogP contribution in [-0.2, 0) is 4.79 Å². The second kappa shape index (κ2) is 9.39. The summed E-state index contributed by atoms with van der Waals surface area (Å²) in [5.41, 5.74) is 1.38. The highest BCUT2D eigenvalue weighted by Gasteiger charge is 2.24. The standard InChI is InChI=1S/C22H26N2O6/c1-5-27-18-10-14(11-19(28-6-2)20(18)29-7-3)22(26)23-15-8-9-17-16(12-15)24-21(25)13(4)30-17/h8-13H,5-7H2,1-4H3,(H,23,26)(H,24,25). The smallest absolute Gasteiger partial charge is 0.265 e. The zero-order chi connectivity index (χ0) is 21.7. The molecule has 2 amide bonds. The molecular weight excluding hydrogens is 388 g/mol. The van der Waals surface area contributed by atoms with Crippen molar-refractivity contribution in [2.24, 2.45) is 0 Å². The average Bonchev–Trinajstić information content (AvgIpc) is 2.71. The molecule has 8 heteroatoms. The maximum Gasteiger partial charge on any atom is 0.265 e. The molecule has 0 aliphatic carbocycles. The van der Waals surface area contributed by atoms with Gasteiger partial charge in [0.25, 0.3) is 11.8 Å². The van der Waals surface area contributed by atoms with E-state index in [0.29, 0.717) is 59.8 Å². The molecule has 0 saturated heterocycles. The van der Waals surface area contributed by atoms with E-state index in [9.17, 15) is 9.59 Å². The van der Waals surface area contributed by atoms with Crippen LogP contribution in [0, 0.1) is 0 Å². The number of hydrogen-bond donors (Lipinski definition) is 2. The van der Waals surface area contributed by atoms with Gasteiger partial charge in [-0.25, -0.2) is 0 Å². The predicted molar refractivity (Wildman–Crippen MR) is 113 cm³/mol. The van der Waals surface area contributed by atoms with Crippen LogP contribution >= 0.6 is 0 Å². The summed E-state index contributed by atoms with van der Waals surface area (Å²) in [7, 11) is 0. The molecule has 0 fully saturated rings. The first kappa shape index (κ1) is 21.3. The summed E-state index contributed by atoms with van der Waals surface area (Å²) in [6, 6.07) is 8.31. The number of ether oxygens (including phenoxy) is 4. The zero-order valence-electron chi connectivity index (χ0n) is 17.5. The van der Waals surface area contributed by atoms with E-state index < -0.39 is 6.10 Å². The third-order valence-corrected chi connectivity index (χ3v) is 4.34. The molecule has 1 heterocycles. The first-order valence-electron chi connectivity index (χ1n) is 9.96. The largest absolute Gasteiger partial charge is 0.490 e. The minimum absolute atomic E-state index is 0.236. The van der Waals surface area contributed by atoms with Crippen molar-refractivity contribution in [1.29, 1.82) is 0 Å². The van der Waals surface area contributed by atoms with Crippen molar-refractivity contribution in [3.63, 3.8) is 0 Å². The molecule has 1 aliphatic heterocycles. The first-order valence-corrected chi connectivity index (χ1v) is 9.96. The maximum atomic E-state index is 12.9. The SMILES string of the molecule is CCOc1cc(C(=O)Nc2ccc3c(c2)NC(=O)C(C)O3)cc(OCC)c1OCC. The Morgan fingerprint density at radius 3 is 2.27 bits per heavy atom. The molecule has 0 radical (unpaired) electrons. The molecule has 30 heavy (non-hydrogen) atoms. The Morgan fingerprint density at radius 1 is 1.03 bits per heavy atom. The molecular formula is C22H26N2O6. The molecule has 1 aliphatic rings. The minimum Gasteiger partial charge on any atom is -0.490 e. The van der Waals surface area contributed by atoms with Crippen LogP contribution in [0.1, 0.15) is 38.1 Å². The summed E-state index contributed by atoms with van der Waals surface area (Å²) < 4.78 is 22.5. The molecule has 8 nitrogen and oxygen atoms in total. The van der Waals surface area contributed by atoms with Gasteiger partial charge in [-0.1, -0.05) is 0 Å². The summed E-state index contributed by atoms with van der Waals surface area (Å²) >= 11 is 0. The van der Waals surface area contributed by atoms with Gasteiger partial charge in [0.2, 0.25) is 5.75 Å². The van der Waals surface area contributed by atoms with Crippen molar-refractivity contribution in [2.75, 3.05) is 30.5 Å². The van der Waals surface area contributed by atoms with E-state index in [4.69, 9.17) is 18.9 Å². The summed E-state index contributed by atoms with van der Waals surface area (Å²) in [6.45, 7) is 8.52. The lowest BCUT2D eigenvalue weighted by Crippen LogP contribution is -2.34. The van der Waals surface area contributed by atoms with Crippen molar-refractivity contribution in [2.45, 2.75) is 33.8 Å². The van der Waals surface area contributed by atoms with E-state index in [1.54, 1.807) is 37.3 Å². The second-order valence-corrected chi connectivity index (χ2v) is 6.52. The number of anilines is 2. The third kappa shape index (κ3) is 4.59. The number of hydrogen-bond acceptors (Lipinski definition) is 6. The monoisotopic (exact) mass is 414 g/mol. The van der Waals surface area contributed by atoms with E-state index in [0.717, 1.165) is 0 Å². The van der Waals surface area contributed by atoms with Gasteiger partial charge in [0.05, 0.1) is 25.5 Å². The highest BCUT2D eigenvalue weighted by Crippen LogP contribution is 2.39. The fraction of sp³-hybridized carbons (Fsp3) is 0.364. The van der Waals surface area contributed by atoms with Crippen LogP contribution in [0.2, 0.25) is 0 Å². The molecule has 0 saturated carbocycles. The zero-order valence-corrected chi connectivity index (χ0v) is 17.5. The van der Waals surface area contributed by atoms with Crippen molar-refractivity contribution >= 4 is 23.2 Å². The highest BCUT2D eigenvalue weighted by molar-refractivity contribution is 6.06. The molecule has 2 aromatic rings. The Labute approximate surface area is 175 Å². The number of carbonyl (C=O) groups excluding carboxylic acids is 2. The van der Waals surface area contributed by atoms with E-state index in [-0.39, 0.29) is 11.8 Å². The third-order valence-electron chi connectivity index (χ3n) is 4.34. The predicted octanol–water partition coefficient (Wildman–Crippen LogP) is 3.85. The lowest BCUT2D eigenvalue weighted by Gasteiger charge is -2.23.